The largest absolute Gasteiger partial charge is 0.480 e. The monoisotopic (exact) mass is 282 g/mol. The molecule has 0 aromatic rings. The molecule has 20 heavy (non-hydrogen) atoms. The summed E-state index contributed by atoms with van der Waals surface area (Å²) in [5, 5.41) is 12.4. The molecule has 2 rings (SSSR count). The van der Waals surface area contributed by atoms with Crippen molar-refractivity contribution in [3.8, 4) is 0 Å². The van der Waals surface area contributed by atoms with Crippen molar-refractivity contribution in [1.82, 2.24) is 10.2 Å². The highest BCUT2D eigenvalue weighted by molar-refractivity contribution is 5.73. The summed E-state index contributed by atoms with van der Waals surface area (Å²) in [5.74, 6) is 0.181. The molecule has 1 aliphatic heterocycles. The van der Waals surface area contributed by atoms with Crippen LogP contribution in [-0.2, 0) is 4.79 Å². The fourth-order valence-electron chi connectivity index (χ4n) is 3.93. The van der Waals surface area contributed by atoms with Gasteiger partial charge in [-0.25, -0.2) is 0 Å². The van der Waals surface area contributed by atoms with Gasteiger partial charge in [0.2, 0.25) is 0 Å². The predicted molar refractivity (Wildman–Crippen MR) is 80.9 cm³/mol. The Morgan fingerprint density at radius 3 is 2.80 bits per heavy atom. The van der Waals surface area contributed by atoms with E-state index < -0.39 is 5.97 Å². The van der Waals surface area contributed by atoms with Gasteiger partial charge >= 0.3 is 5.97 Å². The number of fused-ring (bicyclic) bond motifs is 1. The van der Waals surface area contributed by atoms with Crippen molar-refractivity contribution >= 4 is 5.97 Å². The highest BCUT2D eigenvalue weighted by Gasteiger charge is 2.33. The van der Waals surface area contributed by atoms with Crippen molar-refractivity contribution in [2.45, 2.75) is 70.4 Å². The minimum absolute atomic E-state index is 0.376. The van der Waals surface area contributed by atoms with Crippen LogP contribution in [0.15, 0.2) is 0 Å². The quantitative estimate of drug-likeness (QED) is 0.753. The van der Waals surface area contributed by atoms with E-state index in [0.29, 0.717) is 0 Å². The summed E-state index contributed by atoms with van der Waals surface area (Å²) >= 11 is 0. The van der Waals surface area contributed by atoms with Crippen LogP contribution in [0.25, 0.3) is 0 Å². The molecule has 3 unspecified atom stereocenters. The summed E-state index contributed by atoms with van der Waals surface area (Å²) in [5.41, 5.74) is 0. The Morgan fingerprint density at radius 1 is 1.30 bits per heavy atom. The molecule has 0 aromatic heterocycles. The van der Waals surface area contributed by atoms with Crippen LogP contribution in [0.4, 0.5) is 0 Å². The second-order valence-corrected chi connectivity index (χ2v) is 6.42. The van der Waals surface area contributed by atoms with Gasteiger partial charge in [-0.05, 0) is 57.5 Å². The molecule has 1 saturated heterocycles. The molecule has 1 saturated carbocycles. The zero-order chi connectivity index (χ0) is 14.4. The Labute approximate surface area is 122 Å². The molecular weight excluding hydrogens is 252 g/mol. The number of nitrogens with zero attached hydrogens (tertiary/aromatic N) is 1. The number of carbonyl (C=O) groups is 1. The SMILES string of the molecule is CCCNC(CCN1CCCC2CCCCC21)C(=O)O. The molecule has 1 heterocycles. The first-order chi connectivity index (χ1) is 9.72. The Hall–Kier alpha value is -0.610. The highest BCUT2D eigenvalue weighted by Crippen LogP contribution is 2.35. The first-order valence-corrected chi connectivity index (χ1v) is 8.42. The van der Waals surface area contributed by atoms with Crippen molar-refractivity contribution < 1.29 is 9.90 Å². The average Bonchev–Trinajstić information content (AvgIpc) is 2.47. The molecule has 2 aliphatic rings. The van der Waals surface area contributed by atoms with Crippen LogP contribution in [0.1, 0.15) is 58.3 Å². The number of aliphatic carboxylic acids is 1. The van der Waals surface area contributed by atoms with Gasteiger partial charge in [-0.2, -0.15) is 0 Å². The third-order valence-corrected chi connectivity index (χ3v) is 5.00. The van der Waals surface area contributed by atoms with Gasteiger partial charge in [0.1, 0.15) is 6.04 Å². The topological polar surface area (TPSA) is 52.6 Å². The molecule has 0 amide bonds. The van der Waals surface area contributed by atoms with E-state index in [-0.39, 0.29) is 6.04 Å². The zero-order valence-corrected chi connectivity index (χ0v) is 12.8. The van der Waals surface area contributed by atoms with E-state index in [4.69, 9.17) is 0 Å². The van der Waals surface area contributed by atoms with E-state index in [0.717, 1.165) is 37.9 Å². The number of piperidine rings is 1. The van der Waals surface area contributed by atoms with E-state index >= 15 is 0 Å². The van der Waals surface area contributed by atoms with Crippen molar-refractivity contribution in [3.05, 3.63) is 0 Å². The third kappa shape index (κ3) is 4.19. The number of carboxylic acid groups (broad SMARTS) is 1. The van der Waals surface area contributed by atoms with Gasteiger partial charge in [0, 0.05) is 12.6 Å². The second-order valence-electron chi connectivity index (χ2n) is 6.42. The Bertz CT molecular complexity index is 307. The van der Waals surface area contributed by atoms with E-state index in [9.17, 15) is 9.90 Å². The predicted octanol–water partition coefficient (Wildman–Crippen LogP) is 2.48. The minimum Gasteiger partial charge on any atom is -0.480 e. The maximum atomic E-state index is 11.3. The molecule has 3 atom stereocenters. The normalized spacial score (nSPS) is 28.9. The maximum Gasteiger partial charge on any atom is 0.320 e. The number of rotatable bonds is 7. The molecule has 4 nitrogen and oxygen atoms in total. The molecule has 0 aromatic carbocycles. The number of hydrogen-bond acceptors (Lipinski definition) is 3. The standard InChI is InChI=1S/C16H30N2O2/c1-2-10-17-14(16(19)20)9-12-18-11-5-7-13-6-3-4-8-15(13)18/h13-15,17H,2-12H2,1H3,(H,19,20). The van der Waals surface area contributed by atoms with Crippen LogP contribution in [0.3, 0.4) is 0 Å². The van der Waals surface area contributed by atoms with Crippen molar-refractivity contribution in [3.63, 3.8) is 0 Å². The lowest BCUT2D eigenvalue weighted by Crippen LogP contribution is -2.49. The van der Waals surface area contributed by atoms with E-state index in [2.05, 4.69) is 17.1 Å². The molecule has 0 spiro atoms. The lowest BCUT2D eigenvalue weighted by molar-refractivity contribution is -0.139. The Kier molecular flexibility index (Phi) is 6.30. The van der Waals surface area contributed by atoms with Crippen molar-refractivity contribution in [1.29, 1.82) is 0 Å². The van der Waals surface area contributed by atoms with Gasteiger partial charge < -0.3 is 15.3 Å². The smallest absolute Gasteiger partial charge is 0.320 e. The van der Waals surface area contributed by atoms with Gasteiger partial charge in [0.15, 0.2) is 0 Å². The molecule has 1 aliphatic carbocycles. The molecule has 0 bridgehead atoms. The second kappa shape index (κ2) is 7.99. The van der Waals surface area contributed by atoms with E-state index in [1.807, 2.05) is 0 Å². The lowest BCUT2D eigenvalue weighted by atomic mass is 9.78. The summed E-state index contributed by atoms with van der Waals surface area (Å²) in [6.07, 6.45) is 9.86. The summed E-state index contributed by atoms with van der Waals surface area (Å²) in [6.45, 7) is 4.97. The van der Waals surface area contributed by atoms with Crippen LogP contribution in [-0.4, -0.2) is 47.7 Å². The van der Waals surface area contributed by atoms with Crippen LogP contribution in [0.5, 0.6) is 0 Å². The lowest BCUT2D eigenvalue weighted by Gasteiger charge is -2.44. The third-order valence-electron chi connectivity index (χ3n) is 5.00. The molecule has 2 fully saturated rings. The Morgan fingerprint density at radius 2 is 2.05 bits per heavy atom. The number of hydrogen-bond donors (Lipinski definition) is 2. The molecular formula is C16H30N2O2. The maximum absolute atomic E-state index is 11.3. The molecule has 116 valence electrons. The molecule has 2 N–H and O–H groups in total. The first-order valence-electron chi connectivity index (χ1n) is 8.42. The average molecular weight is 282 g/mol. The fourth-order valence-corrected chi connectivity index (χ4v) is 3.93. The van der Waals surface area contributed by atoms with Gasteiger partial charge in [-0.3, -0.25) is 4.79 Å². The first kappa shape index (κ1) is 15.8. The summed E-state index contributed by atoms with van der Waals surface area (Å²) < 4.78 is 0. The van der Waals surface area contributed by atoms with Crippen molar-refractivity contribution in [2.24, 2.45) is 5.92 Å². The van der Waals surface area contributed by atoms with Crippen LogP contribution in [0, 0.1) is 5.92 Å². The number of nitrogens with one attached hydrogen (secondary N) is 1. The van der Waals surface area contributed by atoms with Crippen LogP contribution >= 0.6 is 0 Å². The Balaban J connectivity index is 1.82. The molecule has 4 heteroatoms. The van der Waals surface area contributed by atoms with Gasteiger partial charge in [-0.1, -0.05) is 19.8 Å². The number of carboxylic acids is 1. The zero-order valence-electron chi connectivity index (χ0n) is 12.8. The van der Waals surface area contributed by atoms with Gasteiger partial charge in [0.25, 0.3) is 0 Å². The summed E-state index contributed by atoms with van der Waals surface area (Å²) in [6, 6.07) is 0.358. The highest BCUT2D eigenvalue weighted by atomic mass is 16.4. The van der Waals surface area contributed by atoms with E-state index in [1.165, 1.54) is 45.1 Å². The molecule has 0 radical (unpaired) electrons. The summed E-state index contributed by atoms with van der Waals surface area (Å²) in [7, 11) is 0. The van der Waals surface area contributed by atoms with Crippen LogP contribution < -0.4 is 5.32 Å². The van der Waals surface area contributed by atoms with Crippen LogP contribution in [0.2, 0.25) is 0 Å². The van der Waals surface area contributed by atoms with E-state index in [1.54, 1.807) is 0 Å². The fraction of sp³-hybridized carbons (Fsp3) is 0.938. The van der Waals surface area contributed by atoms with Gasteiger partial charge in [0.05, 0.1) is 0 Å². The summed E-state index contributed by atoms with van der Waals surface area (Å²) in [4.78, 5) is 13.9. The number of likely N-dealkylation sites (tertiary alicyclic amines) is 1. The minimum atomic E-state index is -0.698. The van der Waals surface area contributed by atoms with Gasteiger partial charge in [-0.15, -0.1) is 0 Å². The van der Waals surface area contributed by atoms with Crippen molar-refractivity contribution in [2.75, 3.05) is 19.6 Å².